The molecule has 3 aromatic heterocycles. The SMILES string of the molecule is O=C(c1ccc(=O)[nH]c1)N1CCCC(c2nccn2Cc2cscn2)C1. The van der Waals surface area contributed by atoms with Gasteiger partial charge in [0.15, 0.2) is 0 Å². The van der Waals surface area contributed by atoms with Crippen molar-refractivity contribution in [2.75, 3.05) is 13.1 Å². The van der Waals surface area contributed by atoms with E-state index >= 15 is 0 Å². The molecule has 1 unspecified atom stereocenters. The molecule has 1 atom stereocenters. The van der Waals surface area contributed by atoms with E-state index in [0.717, 1.165) is 30.9 Å². The highest BCUT2D eigenvalue weighted by molar-refractivity contribution is 7.07. The zero-order valence-corrected chi connectivity index (χ0v) is 15.0. The smallest absolute Gasteiger partial charge is 0.255 e. The molecular weight excluding hydrogens is 350 g/mol. The molecule has 0 radical (unpaired) electrons. The lowest BCUT2D eigenvalue weighted by Gasteiger charge is -2.32. The first-order valence-corrected chi connectivity index (χ1v) is 9.51. The minimum absolute atomic E-state index is 0.0523. The number of H-pyrrole nitrogens is 1. The Morgan fingerprint density at radius 3 is 3.04 bits per heavy atom. The Bertz CT molecular complexity index is 926. The summed E-state index contributed by atoms with van der Waals surface area (Å²) in [6.07, 6.45) is 7.20. The Morgan fingerprint density at radius 1 is 1.35 bits per heavy atom. The van der Waals surface area contributed by atoms with Crippen molar-refractivity contribution in [2.24, 2.45) is 0 Å². The number of nitrogens with one attached hydrogen (secondary N) is 1. The summed E-state index contributed by atoms with van der Waals surface area (Å²) in [5.74, 6) is 1.14. The second kappa shape index (κ2) is 7.25. The largest absolute Gasteiger partial charge is 0.338 e. The van der Waals surface area contributed by atoms with E-state index in [9.17, 15) is 9.59 Å². The molecule has 1 N–H and O–H groups in total. The minimum Gasteiger partial charge on any atom is -0.338 e. The van der Waals surface area contributed by atoms with Gasteiger partial charge in [0.1, 0.15) is 5.82 Å². The molecule has 0 aliphatic carbocycles. The highest BCUT2D eigenvalue weighted by Crippen LogP contribution is 2.27. The molecule has 0 bridgehead atoms. The fourth-order valence-corrected chi connectivity index (χ4v) is 3.95. The first-order valence-electron chi connectivity index (χ1n) is 8.57. The van der Waals surface area contributed by atoms with Crippen molar-refractivity contribution in [2.45, 2.75) is 25.3 Å². The molecule has 8 heteroatoms. The van der Waals surface area contributed by atoms with Crippen LogP contribution in [0.1, 0.15) is 40.6 Å². The number of aromatic amines is 1. The summed E-state index contributed by atoms with van der Waals surface area (Å²) in [6.45, 7) is 2.05. The topological polar surface area (TPSA) is 83.9 Å². The van der Waals surface area contributed by atoms with Gasteiger partial charge in [0.25, 0.3) is 5.91 Å². The molecule has 0 aromatic carbocycles. The van der Waals surface area contributed by atoms with Crippen LogP contribution in [0.25, 0.3) is 0 Å². The first kappa shape index (κ1) is 16.7. The average Bonchev–Trinajstić information content (AvgIpc) is 3.34. The molecule has 4 rings (SSSR count). The third-order valence-electron chi connectivity index (χ3n) is 4.67. The average molecular weight is 369 g/mol. The van der Waals surface area contributed by atoms with Gasteiger partial charge < -0.3 is 14.5 Å². The zero-order valence-electron chi connectivity index (χ0n) is 14.2. The molecule has 1 fully saturated rings. The molecule has 1 aliphatic heterocycles. The van der Waals surface area contributed by atoms with Gasteiger partial charge in [-0.3, -0.25) is 9.59 Å². The van der Waals surface area contributed by atoms with Crippen LogP contribution in [-0.2, 0) is 6.54 Å². The van der Waals surface area contributed by atoms with Crippen molar-refractivity contribution >= 4 is 17.2 Å². The molecule has 0 saturated carbocycles. The number of carbonyl (C=O) groups is 1. The number of imidazole rings is 1. The summed E-state index contributed by atoms with van der Waals surface area (Å²) in [5.41, 5.74) is 3.15. The van der Waals surface area contributed by atoms with Crippen LogP contribution < -0.4 is 5.56 Å². The zero-order chi connectivity index (χ0) is 17.9. The highest BCUT2D eigenvalue weighted by atomic mass is 32.1. The Labute approximate surface area is 154 Å². The van der Waals surface area contributed by atoms with Crippen LogP contribution in [0.5, 0.6) is 0 Å². The summed E-state index contributed by atoms with van der Waals surface area (Å²) in [5, 5.41) is 2.04. The molecule has 7 nitrogen and oxygen atoms in total. The number of hydrogen-bond acceptors (Lipinski definition) is 5. The number of rotatable bonds is 4. The van der Waals surface area contributed by atoms with Crippen LogP contribution in [0.15, 0.2) is 46.4 Å². The first-order chi connectivity index (χ1) is 12.7. The fraction of sp³-hybridized carbons (Fsp3) is 0.333. The third-order valence-corrected chi connectivity index (χ3v) is 5.30. The third kappa shape index (κ3) is 3.45. The van der Waals surface area contributed by atoms with Crippen molar-refractivity contribution in [1.29, 1.82) is 0 Å². The van der Waals surface area contributed by atoms with Gasteiger partial charge in [-0.05, 0) is 18.9 Å². The number of amides is 1. The number of aromatic nitrogens is 4. The van der Waals surface area contributed by atoms with Crippen molar-refractivity contribution in [3.8, 4) is 0 Å². The molecule has 1 aliphatic rings. The normalized spacial score (nSPS) is 17.4. The molecule has 0 spiro atoms. The predicted octanol–water partition coefficient (Wildman–Crippen LogP) is 2.10. The van der Waals surface area contributed by atoms with E-state index in [1.807, 2.05) is 28.2 Å². The standard InChI is InChI=1S/C18H19N5O2S/c24-16-4-3-13(8-20-16)18(25)23-6-1-2-14(9-23)17-19-5-7-22(17)10-15-11-26-12-21-15/h3-5,7-8,11-12,14H,1-2,6,9-10H2,(H,20,24). The fourth-order valence-electron chi connectivity index (χ4n) is 3.40. The van der Waals surface area contributed by atoms with Gasteiger partial charge in [-0.25, -0.2) is 9.97 Å². The van der Waals surface area contributed by atoms with Crippen molar-refractivity contribution in [1.82, 2.24) is 24.4 Å². The summed E-state index contributed by atoms with van der Waals surface area (Å²) < 4.78 is 2.12. The summed E-state index contributed by atoms with van der Waals surface area (Å²) >= 11 is 1.58. The van der Waals surface area contributed by atoms with Gasteiger partial charge in [0.2, 0.25) is 5.56 Å². The molecule has 3 aromatic rings. The molecule has 1 amide bonds. The molecule has 134 valence electrons. The van der Waals surface area contributed by atoms with E-state index < -0.39 is 0 Å². The Hall–Kier alpha value is -2.74. The Morgan fingerprint density at radius 2 is 2.27 bits per heavy atom. The van der Waals surface area contributed by atoms with Crippen LogP contribution in [-0.4, -0.2) is 43.4 Å². The maximum Gasteiger partial charge on any atom is 0.255 e. The number of nitrogens with zero attached hydrogens (tertiary/aromatic N) is 4. The van der Waals surface area contributed by atoms with Gasteiger partial charge in [-0.15, -0.1) is 11.3 Å². The number of carbonyl (C=O) groups excluding carboxylic acids is 1. The second-order valence-corrected chi connectivity index (χ2v) is 7.14. The summed E-state index contributed by atoms with van der Waals surface area (Å²) in [6, 6.07) is 2.96. The van der Waals surface area contributed by atoms with Gasteiger partial charge in [-0.1, -0.05) is 0 Å². The van der Waals surface area contributed by atoms with Gasteiger partial charge >= 0.3 is 0 Å². The maximum absolute atomic E-state index is 12.7. The molecule has 1 saturated heterocycles. The quantitative estimate of drug-likeness (QED) is 0.763. The maximum atomic E-state index is 12.7. The second-order valence-electron chi connectivity index (χ2n) is 6.43. The lowest BCUT2D eigenvalue weighted by molar-refractivity contribution is 0.0703. The van der Waals surface area contributed by atoms with E-state index in [0.29, 0.717) is 18.7 Å². The monoisotopic (exact) mass is 369 g/mol. The van der Waals surface area contributed by atoms with Crippen LogP contribution >= 0.6 is 11.3 Å². The Balaban J connectivity index is 1.50. The molecular formula is C18H19N5O2S. The number of thiazole rings is 1. The van der Waals surface area contributed by atoms with Crippen LogP contribution in [0.4, 0.5) is 0 Å². The van der Waals surface area contributed by atoms with Crippen molar-refractivity contribution in [3.05, 3.63) is 69.0 Å². The number of likely N-dealkylation sites (tertiary alicyclic amines) is 1. The summed E-state index contributed by atoms with van der Waals surface area (Å²) in [4.78, 5) is 37.2. The van der Waals surface area contributed by atoms with E-state index in [1.54, 1.807) is 17.4 Å². The lowest BCUT2D eigenvalue weighted by atomic mass is 9.96. The number of hydrogen-bond donors (Lipinski definition) is 1. The molecule has 26 heavy (non-hydrogen) atoms. The minimum atomic E-state index is -0.206. The van der Waals surface area contributed by atoms with Crippen LogP contribution in [0.3, 0.4) is 0 Å². The van der Waals surface area contributed by atoms with Crippen molar-refractivity contribution < 1.29 is 4.79 Å². The van der Waals surface area contributed by atoms with Crippen LogP contribution in [0, 0.1) is 0 Å². The lowest BCUT2D eigenvalue weighted by Crippen LogP contribution is -2.40. The highest BCUT2D eigenvalue weighted by Gasteiger charge is 2.28. The Kier molecular flexibility index (Phi) is 4.66. The van der Waals surface area contributed by atoms with E-state index in [4.69, 9.17) is 0 Å². The van der Waals surface area contributed by atoms with Crippen molar-refractivity contribution in [3.63, 3.8) is 0 Å². The van der Waals surface area contributed by atoms with E-state index in [2.05, 4.69) is 19.5 Å². The van der Waals surface area contributed by atoms with Gasteiger partial charge in [-0.2, -0.15) is 0 Å². The predicted molar refractivity (Wildman–Crippen MR) is 98.4 cm³/mol. The van der Waals surface area contributed by atoms with Gasteiger partial charge in [0.05, 0.1) is 23.3 Å². The number of piperidine rings is 1. The van der Waals surface area contributed by atoms with Gasteiger partial charge in [0, 0.05) is 49.0 Å². The summed E-state index contributed by atoms with van der Waals surface area (Å²) in [7, 11) is 0. The van der Waals surface area contributed by atoms with E-state index in [-0.39, 0.29) is 17.4 Å². The molecule has 4 heterocycles. The van der Waals surface area contributed by atoms with E-state index in [1.165, 1.54) is 12.3 Å². The van der Waals surface area contributed by atoms with Crippen LogP contribution in [0.2, 0.25) is 0 Å². The number of pyridine rings is 1.